The van der Waals surface area contributed by atoms with Crippen LogP contribution in [0, 0.1) is 5.92 Å². The third-order valence-corrected chi connectivity index (χ3v) is 2.96. The molecule has 3 atom stereocenters. The zero-order valence-electron chi connectivity index (χ0n) is 9.74. The molecule has 1 N–H and O–H groups in total. The summed E-state index contributed by atoms with van der Waals surface area (Å²) in [5, 5.41) is 9.21. The van der Waals surface area contributed by atoms with Crippen LogP contribution < -0.4 is 0 Å². The van der Waals surface area contributed by atoms with E-state index in [1.807, 2.05) is 0 Å². The minimum atomic E-state index is -0.374. The number of esters is 1. The molecule has 1 aliphatic heterocycles. The summed E-state index contributed by atoms with van der Waals surface area (Å²) in [6.45, 7) is 3.91. The van der Waals surface area contributed by atoms with Gasteiger partial charge in [-0.3, -0.25) is 4.79 Å². The van der Waals surface area contributed by atoms with Crippen molar-refractivity contribution in [3.8, 4) is 0 Å². The summed E-state index contributed by atoms with van der Waals surface area (Å²) < 4.78 is 5.02. The average Bonchev–Trinajstić information content (AvgIpc) is 2.16. The van der Waals surface area contributed by atoms with Crippen molar-refractivity contribution in [2.45, 2.75) is 64.6 Å². The molecule has 1 aliphatic rings. The van der Waals surface area contributed by atoms with Gasteiger partial charge in [0.15, 0.2) is 0 Å². The lowest BCUT2D eigenvalue weighted by Gasteiger charge is -2.35. The van der Waals surface area contributed by atoms with Crippen LogP contribution in [-0.4, -0.2) is 23.3 Å². The Labute approximate surface area is 91.8 Å². The number of unbranched alkanes of at least 4 members (excludes halogenated alkanes) is 3. The highest BCUT2D eigenvalue weighted by Crippen LogP contribution is 2.30. The molecule has 0 radical (unpaired) electrons. The summed E-state index contributed by atoms with van der Waals surface area (Å²) in [5.74, 6) is -0.0198. The third kappa shape index (κ3) is 3.82. The van der Waals surface area contributed by atoms with Gasteiger partial charge >= 0.3 is 5.97 Å². The van der Waals surface area contributed by atoms with E-state index in [-0.39, 0.29) is 24.1 Å². The Morgan fingerprint density at radius 3 is 2.67 bits per heavy atom. The van der Waals surface area contributed by atoms with Gasteiger partial charge < -0.3 is 9.84 Å². The van der Waals surface area contributed by atoms with E-state index >= 15 is 0 Å². The smallest absolute Gasteiger partial charge is 0.313 e. The number of hydrogen-bond acceptors (Lipinski definition) is 3. The van der Waals surface area contributed by atoms with Crippen molar-refractivity contribution in [2.75, 3.05) is 0 Å². The van der Waals surface area contributed by atoms with Crippen LogP contribution in [0.1, 0.15) is 52.4 Å². The van der Waals surface area contributed by atoms with Crippen LogP contribution in [0.25, 0.3) is 0 Å². The predicted molar refractivity (Wildman–Crippen MR) is 58.4 cm³/mol. The largest absolute Gasteiger partial charge is 0.461 e. The number of aliphatic hydroxyl groups is 1. The molecule has 2 unspecified atom stereocenters. The van der Waals surface area contributed by atoms with E-state index in [0.717, 1.165) is 12.8 Å². The SMILES string of the molecule is CCCCCCC1C(=O)OC1C[C@@H](C)O. The van der Waals surface area contributed by atoms with Crippen molar-refractivity contribution in [1.29, 1.82) is 0 Å². The fraction of sp³-hybridized carbons (Fsp3) is 0.917. The number of aliphatic hydroxyl groups excluding tert-OH is 1. The molecule has 0 aromatic carbocycles. The molecular formula is C12H22O3. The van der Waals surface area contributed by atoms with Crippen molar-refractivity contribution in [1.82, 2.24) is 0 Å². The van der Waals surface area contributed by atoms with Crippen LogP contribution in [0.15, 0.2) is 0 Å². The minimum absolute atomic E-state index is 0.0286. The summed E-state index contributed by atoms with van der Waals surface area (Å²) in [6, 6.07) is 0. The number of rotatable bonds is 7. The first-order chi connectivity index (χ1) is 7.15. The Morgan fingerprint density at radius 1 is 1.40 bits per heavy atom. The molecule has 0 aromatic rings. The van der Waals surface area contributed by atoms with Gasteiger partial charge in [-0.15, -0.1) is 0 Å². The van der Waals surface area contributed by atoms with Crippen LogP contribution in [0.3, 0.4) is 0 Å². The lowest BCUT2D eigenvalue weighted by molar-refractivity contribution is -0.188. The second kappa shape index (κ2) is 6.11. The highest BCUT2D eigenvalue weighted by Gasteiger charge is 2.41. The van der Waals surface area contributed by atoms with E-state index in [1.54, 1.807) is 6.92 Å². The highest BCUT2D eigenvalue weighted by molar-refractivity contribution is 5.78. The lowest BCUT2D eigenvalue weighted by Crippen LogP contribution is -2.46. The van der Waals surface area contributed by atoms with Crippen molar-refractivity contribution >= 4 is 5.97 Å². The van der Waals surface area contributed by atoms with Gasteiger partial charge in [0.05, 0.1) is 12.0 Å². The van der Waals surface area contributed by atoms with Crippen molar-refractivity contribution in [2.24, 2.45) is 5.92 Å². The van der Waals surface area contributed by atoms with Gasteiger partial charge in [0.25, 0.3) is 0 Å². The molecule has 1 saturated heterocycles. The molecule has 0 spiro atoms. The molecule has 0 aromatic heterocycles. The first-order valence-corrected chi connectivity index (χ1v) is 6.03. The molecule has 1 heterocycles. The molecule has 0 amide bonds. The van der Waals surface area contributed by atoms with E-state index in [0.29, 0.717) is 6.42 Å². The summed E-state index contributed by atoms with van der Waals surface area (Å²) in [5.41, 5.74) is 0. The molecule has 0 aliphatic carbocycles. The fourth-order valence-electron chi connectivity index (χ4n) is 2.04. The molecule has 3 heteroatoms. The fourth-order valence-corrected chi connectivity index (χ4v) is 2.04. The van der Waals surface area contributed by atoms with Crippen molar-refractivity contribution in [3.05, 3.63) is 0 Å². The highest BCUT2D eigenvalue weighted by atomic mass is 16.6. The molecule has 1 fully saturated rings. The normalized spacial score (nSPS) is 27.0. The first kappa shape index (κ1) is 12.5. The summed E-state index contributed by atoms with van der Waals surface area (Å²) in [6.07, 6.45) is 5.86. The Balaban J connectivity index is 2.17. The molecule has 0 saturated carbocycles. The number of ether oxygens (including phenoxy) is 1. The topological polar surface area (TPSA) is 46.5 Å². The predicted octanol–water partition coefficient (Wildman–Crippen LogP) is 2.27. The average molecular weight is 214 g/mol. The number of hydrogen-bond donors (Lipinski definition) is 1. The summed E-state index contributed by atoms with van der Waals surface area (Å²) in [7, 11) is 0. The van der Waals surface area contributed by atoms with Crippen LogP contribution in [0.5, 0.6) is 0 Å². The van der Waals surface area contributed by atoms with Crippen LogP contribution in [-0.2, 0) is 9.53 Å². The zero-order chi connectivity index (χ0) is 11.3. The molecule has 88 valence electrons. The van der Waals surface area contributed by atoms with Crippen LogP contribution in [0.4, 0.5) is 0 Å². The van der Waals surface area contributed by atoms with Crippen molar-refractivity contribution < 1.29 is 14.6 Å². The lowest BCUT2D eigenvalue weighted by atomic mass is 9.88. The molecular weight excluding hydrogens is 192 g/mol. The Kier molecular flexibility index (Phi) is 5.09. The second-order valence-electron chi connectivity index (χ2n) is 4.52. The quantitative estimate of drug-likeness (QED) is 0.522. The molecule has 1 rings (SSSR count). The van der Waals surface area contributed by atoms with Crippen LogP contribution in [0.2, 0.25) is 0 Å². The van der Waals surface area contributed by atoms with Crippen LogP contribution >= 0.6 is 0 Å². The van der Waals surface area contributed by atoms with Gasteiger partial charge in [0.1, 0.15) is 6.10 Å². The second-order valence-corrected chi connectivity index (χ2v) is 4.52. The summed E-state index contributed by atoms with van der Waals surface area (Å²) >= 11 is 0. The third-order valence-electron chi connectivity index (χ3n) is 2.96. The maximum absolute atomic E-state index is 11.2. The molecule has 15 heavy (non-hydrogen) atoms. The van der Waals surface area contributed by atoms with Gasteiger partial charge in [0, 0.05) is 6.42 Å². The number of carbonyl (C=O) groups excluding carboxylic acids is 1. The van der Waals surface area contributed by atoms with Gasteiger partial charge in [-0.25, -0.2) is 0 Å². The molecule has 0 bridgehead atoms. The van der Waals surface area contributed by atoms with E-state index in [2.05, 4.69) is 6.92 Å². The monoisotopic (exact) mass is 214 g/mol. The molecule has 3 nitrogen and oxygen atoms in total. The van der Waals surface area contributed by atoms with Gasteiger partial charge in [-0.05, 0) is 13.3 Å². The van der Waals surface area contributed by atoms with Crippen molar-refractivity contribution in [3.63, 3.8) is 0 Å². The summed E-state index contributed by atoms with van der Waals surface area (Å²) in [4.78, 5) is 11.2. The van der Waals surface area contributed by atoms with Gasteiger partial charge in [-0.2, -0.15) is 0 Å². The van der Waals surface area contributed by atoms with E-state index in [4.69, 9.17) is 4.74 Å². The van der Waals surface area contributed by atoms with E-state index < -0.39 is 0 Å². The Hall–Kier alpha value is -0.570. The Morgan fingerprint density at radius 2 is 2.13 bits per heavy atom. The van der Waals surface area contributed by atoms with Gasteiger partial charge in [0.2, 0.25) is 0 Å². The zero-order valence-corrected chi connectivity index (χ0v) is 9.74. The standard InChI is InChI=1S/C12H22O3/c1-3-4-5-6-7-10-11(8-9(2)13)15-12(10)14/h9-11,13H,3-8H2,1-2H3/t9-,10?,11?/m1/s1. The van der Waals surface area contributed by atoms with E-state index in [1.165, 1.54) is 19.3 Å². The maximum Gasteiger partial charge on any atom is 0.313 e. The minimum Gasteiger partial charge on any atom is -0.461 e. The van der Waals surface area contributed by atoms with E-state index in [9.17, 15) is 9.90 Å². The maximum atomic E-state index is 11.2. The first-order valence-electron chi connectivity index (χ1n) is 6.03. The Bertz CT molecular complexity index is 201. The number of cyclic esters (lactones) is 1. The number of carbonyl (C=O) groups is 1. The van der Waals surface area contributed by atoms with Gasteiger partial charge in [-0.1, -0.05) is 32.6 Å².